The van der Waals surface area contributed by atoms with Crippen LogP contribution in [0.5, 0.6) is 5.75 Å². The summed E-state index contributed by atoms with van der Waals surface area (Å²) >= 11 is 6.06. The normalized spacial score (nSPS) is 10.1. The Kier molecular flexibility index (Phi) is 7.08. The monoisotopic (exact) mass is 365 g/mol. The second-order valence-corrected chi connectivity index (χ2v) is 5.56. The van der Waals surface area contributed by atoms with Gasteiger partial charge in [0.2, 0.25) is 0 Å². The first kappa shape index (κ1) is 19.5. The van der Waals surface area contributed by atoms with Crippen LogP contribution in [0.25, 0.3) is 0 Å². The first-order valence-electron chi connectivity index (χ1n) is 7.22. The SMILES string of the molecule is O=C([O-])c1ccc(Cc2cc(Cl)ccc2OCc2ccncc2)o1.[Na+]. The quantitative estimate of drug-likeness (QED) is 0.569. The molecule has 0 bridgehead atoms. The number of carboxylic acids is 1. The number of halogens is 1. The van der Waals surface area contributed by atoms with E-state index in [1.807, 2.05) is 12.1 Å². The fourth-order valence-electron chi connectivity index (χ4n) is 2.24. The maximum atomic E-state index is 10.8. The summed E-state index contributed by atoms with van der Waals surface area (Å²) < 4.78 is 11.1. The molecule has 0 aliphatic rings. The van der Waals surface area contributed by atoms with Gasteiger partial charge in [-0.2, -0.15) is 0 Å². The van der Waals surface area contributed by atoms with E-state index in [9.17, 15) is 9.90 Å². The molecule has 7 heteroatoms. The molecule has 0 aliphatic heterocycles. The van der Waals surface area contributed by atoms with Gasteiger partial charge in [-0.05, 0) is 48.0 Å². The molecule has 0 saturated heterocycles. The topological polar surface area (TPSA) is 75.4 Å². The van der Waals surface area contributed by atoms with Crippen LogP contribution in [-0.2, 0) is 13.0 Å². The van der Waals surface area contributed by atoms with Gasteiger partial charge in [-0.3, -0.25) is 4.98 Å². The number of ether oxygens (including phenoxy) is 1. The van der Waals surface area contributed by atoms with Crippen LogP contribution < -0.4 is 39.4 Å². The fraction of sp³-hybridized carbons (Fsp3) is 0.111. The number of hydrogen-bond acceptors (Lipinski definition) is 5. The molecular weight excluding hydrogens is 353 g/mol. The van der Waals surface area contributed by atoms with Crippen molar-refractivity contribution in [1.82, 2.24) is 4.98 Å². The summed E-state index contributed by atoms with van der Waals surface area (Å²) in [5, 5.41) is 11.4. The Bertz CT molecular complexity index is 851. The van der Waals surface area contributed by atoms with Gasteiger partial charge in [-0.1, -0.05) is 11.6 Å². The minimum atomic E-state index is -1.35. The zero-order valence-electron chi connectivity index (χ0n) is 13.6. The van der Waals surface area contributed by atoms with Crippen molar-refractivity contribution >= 4 is 17.6 Å². The molecule has 5 nitrogen and oxygen atoms in total. The molecule has 2 heterocycles. The molecule has 25 heavy (non-hydrogen) atoms. The Hall–Kier alpha value is -1.79. The summed E-state index contributed by atoms with van der Waals surface area (Å²) in [6.07, 6.45) is 3.76. The number of aromatic nitrogens is 1. The molecule has 0 atom stereocenters. The minimum Gasteiger partial charge on any atom is -0.542 e. The maximum Gasteiger partial charge on any atom is 1.00 e. The average molecular weight is 366 g/mol. The molecule has 1 aromatic carbocycles. The molecule has 0 spiro atoms. The number of furan rings is 1. The van der Waals surface area contributed by atoms with E-state index in [1.165, 1.54) is 6.07 Å². The first-order valence-corrected chi connectivity index (χ1v) is 7.60. The molecule has 0 saturated carbocycles. The summed E-state index contributed by atoms with van der Waals surface area (Å²) in [7, 11) is 0. The number of benzene rings is 1. The van der Waals surface area contributed by atoms with Gasteiger partial charge in [0.05, 0.1) is 0 Å². The van der Waals surface area contributed by atoms with E-state index < -0.39 is 5.97 Å². The van der Waals surface area contributed by atoms with Gasteiger partial charge in [0, 0.05) is 29.4 Å². The van der Waals surface area contributed by atoms with E-state index >= 15 is 0 Å². The van der Waals surface area contributed by atoms with E-state index in [0.29, 0.717) is 29.6 Å². The van der Waals surface area contributed by atoms with E-state index in [0.717, 1.165) is 11.1 Å². The van der Waals surface area contributed by atoms with Crippen LogP contribution in [0.1, 0.15) is 27.4 Å². The van der Waals surface area contributed by atoms with Crippen LogP contribution >= 0.6 is 11.6 Å². The van der Waals surface area contributed by atoms with Gasteiger partial charge in [0.15, 0.2) is 0 Å². The second-order valence-electron chi connectivity index (χ2n) is 5.13. The number of carbonyl (C=O) groups is 1. The van der Waals surface area contributed by atoms with Crippen molar-refractivity contribution in [3.05, 3.63) is 82.5 Å². The third-order valence-electron chi connectivity index (χ3n) is 3.39. The Morgan fingerprint density at radius 2 is 1.92 bits per heavy atom. The van der Waals surface area contributed by atoms with Crippen molar-refractivity contribution in [2.45, 2.75) is 13.0 Å². The Morgan fingerprint density at radius 3 is 2.60 bits per heavy atom. The van der Waals surface area contributed by atoms with E-state index in [-0.39, 0.29) is 35.3 Å². The van der Waals surface area contributed by atoms with Crippen LogP contribution in [0.15, 0.2) is 59.3 Å². The van der Waals surface area contributed by atoms with Crippen molar-refractivity contribution in [3.63, 3.8) is 0 Å². The average Bonchev–Trinajstić information content (AvgIpc) is 3.04. The molecule has 3 rings (SSSR count). The van der Waals surface area contributed by atoms with E-state index in [4.69, 9.17) is 20.8 Å². The smallest absolute Gasteiger partial charge is 0.542 e. The Balaban J connectivity index is 0.00000225. The van der Waals surface area contributed by atoms with Crippen LogP contribution in [-0.4, -0.2) is 11.0 Å². The van der Waals surface area contributed by atoms with Crippen LogP contribution in [0.2, 0.25) is 5.02 Å². The van der Waals surface area contributed by atoms with Gasteiger partial charge in [0.25, 0.3) is 0 Å². The zero-order valence-corrected chi connectivity index (χ0v) is 16.3. The van der Waals surface area contributed by atoms with Crippen LogP contribution in [0.3, 0.4) is 0 Å². The number of aromatic carboxylic acids is 1. The summed E-state index contributed by atoms with van der Waals surface area (Å²) in [4.78, 5) is 14.8. The van der Waals surface area contributed by atoms with E-state index in [2.05, 4.69) is 4.98 Å². The number of rotatable bonds is 6. The van der Waals surface area contributed by atoms with Crippen molar-refractivity contribution in [1.29, 1.82) is 0 Å². The Labute approximate surface area is 171 Å². The van der Waals surface area contributed by atoms with Crippen molar-refractivity contribution < 1.29 is 48.6 Å². The number of nitrogens with zero attached hydrogens (tertiary/aromatic N) is 1. The molecule has 0 radical (unpaired) electrons. The number of carbonyl (C=O) groups excluding carboxylic acids is 1. The molecular formula is C18H13ClNNaO4. The fourth-order valence-corrected chi connectivity index (χ4v) is 2.43. The van der Waals surface area contributed by atoms with Crippen molar-refractivity contribution in [2.75, 3.05) is 0 Å². The molecule has 0 fully saturated rings. The number of carboxylic acid groups (broad SMARTS) is 1. The van der Waals surface area contributed by atoms with Crippen LogP contribution in [0, 0.1) is 0 Å². The summed E-state index contributed by atoms with van der Waals surface area (Å²) in [5.74, 6) is -0.402. The van der Waals surface area contributed by atoms with Gasteiger partial charge in [-0.25, -0.2) is 0 Å². The predicted molar refractivity (Wildman–Crippen MR) is 85.9 cm³/mol. The number of hydrogen-bond donors (Lipinski definition) is 0. The molecule has 3 aromatic rings. The van der Waals surface area contributed by atoms with E-state index in [1.54, 1.807) is 36.7 Å². The van der Waals surface area contributed by atoms with Gasteiger partial charge >= 0.3 is 29.6 Å². The van der Waals surface area contributed by atoms with Gasteiger partial charge in [-0.15, -0.1) is 0 Å². The van der Waals surface area contributed by atoms with Gasteiger partial charge in [0.1, 0.15) is 29.8 Å². The number of pyridine rings is 1. The molecule has 122 valence electrons. The summed E-state index contributed by atoms with van der Waals surface area (Å²) in [6.45, 7) is 0.388. The largest absolute Gasteiger partial charge is 1.00 e. The molecule has 0 unspecified atom stereocenters. The third kappa shape index (κ3) is 5.34. The molecule has 0 N–H and O–H groups in total. The molecule has 0 amide bonds. The summed E-state index contributed by atoms with van der Waals surface area (Å²) in [6, 6.07) is 12.0. The van der Waals surface area contributed by atoms with Crippen LogP contribution in [0.4, 0.5) is 0 Å². The minimum absolute atomic E-state index is 0. The standard InChI is InChI=1S/C18H14ClNO4.Na/c19-14-1-3-16(23-11-12-5-7-20-8-6-12)13(9-14)10-15-2-4-17(24-15)18(21)22;/h1-9H,10-11H2,(H,21,22);/q;+1/p-1. The maximum absolute atomic E-state index is 10.8. The molecule has 2 aromatic heterocycles. The predicted octanol–water partition coefficient (Wildman–Crippen LogP) is -0.135. The zero-order chi connectivity index (χ0) is 16.9. The van der Waals surface area contributed by atoms with Gasteiger partial charge < -0.3 is 19.1 Å². The summed E-state index contributed by atoms with van der Waals surface area (Å²) in [5.41, 5.74) is 1.79. The Morgan fingerprint density at radius 1 is 1.16 bits per heavy atom. The second kappa shape index (κ2) is 9.06. The first-order chi connectivity index (χ1) is 11.6. The third-order valence-corrected chi connectivity index (χ3v) is 3.63. The van der Waals surface area contributed by atoms with Crippen molar-refractivity contribution in [2.24, 2.45) is 0 Å². The van der Waals surface area contributed by atoms with Crippen molar-refractivity contribution in [3.8, 4) is 5.75 Å². The molecule has 0 aliphatic carbocycles.